The third-order valence-corrected chi connectivity index (χ3v) is 6.41. The third-order valence-electron chi connectivity index (χ3n) is 6.18. The number of rotatable bonds is 11. The van der Waals surface area contributed by atoms with Gasteiger partial charge in [0, 0.05) is 34.5 Å². The number of carbonyl (C=O) groups excluding carboxylic acids is 3. The van der Waals surface area contributed by atoms with Crippen LogP contribution in [-0.2, 0) is 27.3 Å². The van der Waals surface area contributed by atoms with E-state index < -0.39 is 29.4 Å². The van der Waals surface area contributed by atoms with Gasteiger partial charge in [-0.3, -0.25) is 14.3 Å². The molecule has 0 aliphatic carbocycles. The summed E-state index contributed by atoms with van der Waals surface area (Å²) in [6.45, 7) is 7.37. The lowest BCUT2D eigenvalue weighted by Crippen LogP contribution is -2.44. The Morgan fingerprint density at radius 2 is 1.86 bits per heavy atom. The number of aromatic nitrogens is 6. The highest BCUT2D eigenvalue weighted by molar-refractivity contribution is 6.30. The molecule has 0 saturated carbocycles. The molecule has 1 atom stereocenters. The van der Waals surface area contributed by atoms with Crippen LogP contribution in [0.2, 0.25) is 5.02 Å². The molecular weight excluding hydrogens is 588 g/mol. The first-order valence-corrected chi connectivity index (χ1v) is 14.1. The predicted molar refractivity (Wildman–Crippen MR) is 163 cm³/mol. The number of hydrogen-bond acceptors (Lipinski definition) is 9. The molecule has 3 N–H and O–H groups in total. The zero-order valence-electron chi connectivity index (χ0n) is 24.7. The van der Waals surface area contributed by atoms with Crippen LogP contribution in [-0.4, -0.2) is 71.1 Å². The van der Waals surface area contributed by atoms with E-state index in [1.165, 1.54) is 17.1 Å². The van der Waals surface area contributed by atoms with Gasteiger partial charge in [0.15, 0.2) is 0 Å². The molecule has 2 aromatic carbocycles. The van der Waals surface area contributed by atoms with Crippen LogP contribution in [0.5, 0.6) is 0 Å². The zero-order chi connectivity index (χ0) is 31.9. The van der Waals surface area contributed by atoms with E-state index in [0.717, 1.165) is 5.69 Å². The van der Waals surface area contributed by atoms with Crippen molar-refractivity contribution in [3.05, 3.63) is 88.5 Å². The van der Waals surface area contributed by atoms with E-state index in [1.54, 1.807) is 80.1 Å². The Hall–Kier alpha value is -4.88. The number of anilines is 1. The van der Waals surface area contributed by atoms with E-state index in [9.17, 15) is 19.5 Å². The van der Waals surface area contributed by atoms with Gasteiger partial charge in [-0.1, -0.05) is 11.6 Å². The first-order chi connectivity index (χ1) is 20.9. The van der Waals surface area contributed by atoms with Crippen LogP contribution in [0, 0.1) is 6.92 Å². The monoisotopic (exact) mass is 620 g/mol. The highest BCUT2D eigenvalue weighted by Crippen LogP contribution is 2.20. The number of amides is 2. The van der Waals surface area contributed by atoms with Crippen molar-refractivity contribution < 1.29 is 24.2 Å². The average molecular weight is 621 g/mol. The molecule has 0 aliphatic rings. The lowest BCUT2D eigenvalue weighted by Gasteiger charge is -2.19. The topological polar surface area (TPSA) is 166 Å². The number of esters is 1. The second-order valence-corrected chi connectivity index (χ2v) is 11.3. The summed E-state index contributed by atoms with van der Waals surface area (Å²) in [5.74, 6) is -1.52. The quantitative estimate of drug-likeness (QED) is 0.169. The lowest BCUT2D eigenvalue weighted by molar-refractivity contribution is -0.123. The van der Waals surface area contributed by atoms with E-state index >= 15 is 0 Å². The van der Waals surface area contributed by atoms with E-state index in [-0.39, 0.29) is 13.0 Å². The number of hydrogen-bond donors (Lipinski definition) is 3. The predicted octanol–water partition coefficient (Wildman–Crippen LogP) is 3.15. The average Bonchev–Trinajstić information content (AvgIpc) is 3.61. The number of nitrogens with one attached hydrogen (secondary N) is 2. The number of halogens is 1. The summed E-state index contributed by atoms with van der Waals surface area (Å²) in [6.07, 6.45) is 4.32. The molecule has 1 unspecified atom stereocenters. The molecule has 4 aromatic rings. The van der Waals surface area contributed by atoms with Crippen LogP contribution in [0.15, 0.2) is 60.9 Å². The van der Waals surface area contributed by atoms with E-state index in [0.29, 0.717) is 39.8 Å². The number of aliphatic hydroxyl groups excluding tert-OH is 1. The van der Waals surface area contributed by atoms with Crippen LogP contribution in [0.1, 0.15) is 48.1 Å². The Kier molecular flexibility index (Phi) is 10.2. The van der Waals surface area contributed by atoms with Crippen LogP contribution in [0.3, 0.4) is 0 Å². The highest BCUT2D eigenvalue weighted by Gasteiger charge is 2.23. The van der Waals surface area contributed by atoms with Gasteiger partial charge in [-0.2, -0.15) is 9.78 Å². The number of benzene rings is 2. The number of aliphatic hydroxyl groups is 1. The molecule has 2 heterocycles. The number of nitrogens with zero attached hydrogens (tertiary/aromatic N) is 6. The summed E-state index contributed by atoms with van der Waals surface area (Å²) in [5, 5.41) is 31.0. The number of ether oxygens (including phenoxy) is 1. The van der Waals surface area contributed by atoms with Crippen LogP contribution in [0.25, 0.3) is 11.8 Å². The fourth-order valence-corrected chi connectivity index (χ4v) is 4.38. The Labute approximate surface area is 258 Å². The molecule has 0 bridgehead atoms. The van der Waals surface area contributed by atoms with Gasteiger partial charge in [0.1, 0.15) is 18.0 Å². The normalized spacial score (nSPS) is 12.2. The van der Waals surface area contributed by atoms with Crippen molar-refractivity contribution in [1.82, 2.24) is 35.3 Å². The number of carbonyl (C=O) groups is 3. The molecule has 0 fully saturated rings. The Morgan fingerprint density at radius 1 is 1.11 bits per heavy atom. The molecule has 0 aliphatic heterocycles. The van der Waals surface area contributed by atoms with Gasteiger partial charge in [-0.15, -0.1) is 5.10 Å². The maximum Gasteiger partial charge on any atom is 0.338 e. The van der Waals surface area contributed by atoms with Crippen molar-refractivity contribution in [3.8, 4) is 5.69 Å². The van der Waals surface area contributed by atoms with E-state index in [4.69, 9.17) is 16.3 Å². The van der Waals surface area contributed by atoms with Crippen molar-refractivity contribution >= 4 is 41.1 Å². The molecule has 230 valence electrons. The third kappa shape index (κ3) is 8.82. The van der Waals surface area contributed by atoms with Crippen LogP contribution in [0.4, 0.5) is 5.69 Å². The summed E-state index contributed by atoms with van der Waals surface area (Å²) < 4.78 is 8.45. The first kappa shape index (κ1) is 32.0. The maximum atomic E-state index is 13.4. The molecule has 4 rings (SSSR count). The van der Waals surface area contributed by atoms with Gasteiger partial charge < -0.3 is 20.5 Å². The SMILES string of the molecule is Cc1cc(CC(NC(=O)/C=C/c2cc(Cl)ccc2-n2cnnn2)C(=O)Nc2ccc(C(=O)OC(C)(C)C)cc2)nn1CCO. The van der Waals surface area contributed by atoms with Crippen molar-refractivity contribution in [2.75, 3.05) is 11.9 Å². The zero-order valence-corrected chi connectivity index (χ0v) is 25.4. The van der Waals surface area contributed by atoms with Crippen LogP contribution >= 0.6 is 11.6 Å². The second-order valence-electron chi connectivity index (χ2n) is 10.8. The second kappa shape index (κ2) is 14.1. The Bertz CT molecular complexity index is 1640. The summed E-state index contributed by atoms with van der Waals surface area (Å²) >= 11 is 6.18. The molecule has 0 radical (unpaired) electrons. The Balaban J connectivity index is 1.53. The summed E-state index contributed by atoms with van der Waals surface area (Å²) in [5.41, 5.74) is 2.63. The fourth-order valence-electron chi connectivity index (χ4n) is 4.20. The number of tetrazole rings is 1. The van der Waals surface area contributed by atoms with Gasteiger partial charge in [0.2, 0.25) is 11.8 Å². The van der Waals surface area contributed by atoms with Crippen molar-refractivity contribution in [1.29, 1.82) is 0 Å². The Morgan fingerprint density at radius 3 is 2.52 bits per heavy atom. The standard InChI is InChI=1S/C30H33ClN8O5/c1-19-15-24(35-38(19)13-14-40)17-25(28(42)33-23-9-5-20(6-10-23)29(43)44-30(2,3)4)34-27(41)12-7-21-16-22(31)8-11-26(21)39-18-32-36-37-39/h5-12,15-16,18,25,40H,13-14,17H2,1-4H3,(H,33,42)(H,34,41)/b12-7+. The summed E-state index contributed by atoms with van der Waals surface area (Å²) in [4.78, 5) is 38.9. The minimum absolute atomic E-state index is 0.0771. The molecule has 2 amide bonds. The highest BCUT2D eigenvalue weighted by atomic mass is 35.5. The summed E-state index contributed by atoms with van der Waals surface area (Å²) in [7, 11) is 0. The van der Waals surface area contributed by atoms with Gasteiger partial charge in [-0.25, -0.2) is 4.79 Å². The first-order valence-electron chi connectivity index (χ1n) is 13.7. The molecule has 0 saturated heterocycles. The fraction of sp³-hybridized carbons (Fsp3) is 0.300. The van der Waals surface area contributed by atoms with E-state index in [1.807, 2.05) is 6.92 Å². The molecule has 2 aromatic heterocycles. The van der Waals surface area contributed by atoms with Gasteiger partial charge in [-0.05, 0) is 92.7 Å². The van der Waals surface area contributed by atoms with Gasteiger partial charge in [0.05, 0.1) is 30.1 Å². The van der Waals surface area contributed by atoms with E-state index in [2.05, 4.69) is 31.3 Å². The van der Waals surface area contributed by atoms with Crippen molar-refractivity contribution in [2.24, 2.45) is 0 Å². The minimum Gasteiger partial charge on any atom is -0.456 e. The van der Waals surface area contributed by atoms with Crippen molar-refractivity contribution in [2.45, 2.75) is 52.3 Å². The number of aryl methyl sites for hydroxylation is 1. The molecule has 0 spiro atoms. The summed E-state index contributed by atoms with van der Waals surface area (Å²) in [6, 6.07) is 12.1. The lowest BCUT2D eigenvalue weighted by atomic mass is 10.1. The smallest absolute Gasteiger partial charge is 0.338 e. The molecular formula is C30H33ClN8O5. The van der Waals surface area contributed by atoms with Crippen molar-refractivity contribution in [3.63, 3.8) is 0 Å². The van der Waals surface area contributed by atoms with Gasteiger partial charge >= 0.3 is 5.97 Å². The molecule has 14 heteroatoms. The van der Waals surface area contributed by atoms with Gasteiger partial charge in [0.25, 0.3) is 0 Å². The maximum absolute atomic E-state index is 13.4. The largest absolute Gasteiger partial charge is 0.456 e. The molecule has 44 heavy (non-hydrogen) atoms. The minimum atomic E-state index is -1.02. The van der Waals surface area contributed by atoms with Crippen LogP contribution < -0.4 is 10.6 Å². The molecule has 13 nitrogen and oxygen atoms in total.